The van der Waals surface area contributed by atoms with Crippen molar-refractivity contribution in [1.82, 2.24) is 0 Å². The number of benzene rings is 1. The van der Waals surface area contributed by atoms with E-state index in [0.29, 0.717) is 6.61 Å². The molecule has 1 aromatic heterocycles. The highest BCUT2D eigenvalue weighted by atomic mass is 16.5. The van der Waals surface area contributed by atoms with Crippen molar-refractivity contribution in [2.45, 2.75) is 26.2 Å². The summed E-state index contributed by atoms with van der Waals surface area (Å²) in [4.78, 5) is 11.6. The molecule has 3 heteroatoms. The van der Waals surface area contributed by atoms with E-state index in [2.05, 4.69) is 0 Å². The van der Waals surface area contributed by atoms with Gasteiger partial charge in [0.1, 0.15) is 11.3 Å². The number of hydrogen-bond donors (Lipinski definition) is 0. The van der Waals surface area contributed by atoms with Gasteiger partial charge in [-0.1, -0.05) is 18.2 Å². The van der Waals surface area contributed by atoms with Crippen LogP contribution < -0.4 is 0 Å². The lowest BCUT2D eigenvalue weighted by Crippen LogP contribution is -2.04. The van der Waals surface area contributed by atoms with Crippen LogP contribution in [0.15, 0.2) is 34.8 Å². The molecule has 0 spiro atoms. The maximum Gasteiger partial charge on any atom is 0.331 e. The van der Waals surface area contributed by atoms with Crippen LogP contribution in [0.2, 0.25) is 0 Å². The molecule has 0 fully saturated rings. The molecule has 0 radical (unpaired) electrons. The highest BCUT2D eigenvalue weighted by molar-refractivity contribution is 5.99. The summed E-state index contributed by atoms with van der Waals surface area (Å²) in [6.45, 7) is 2.22. The van der Waals surface area contributed by atoms with Gasteiger partial charge in [-0.2, -0.15) is 0 Å². The number of aryl methyl sites for hydroxylation is 1. The molecule has 1 aliphatic rings. The van der Waals surface area contributed by atoms with Crippen molar-refractivity contribution in [3.05, 3.63) is 41.7 Å². The van der Waals surface area contributed by atoms with Gasteiger partial charge >= 0.3 is 5.97 Å². The van der Waals surface area contributed by atoms with Gasteiger partial charge in [-0.25, -0.2) is 4.79 Å². The second-order valence-electron chi connectivity index (χ2n) is 4.67. The van der Waals surface area contributed by atoms with Crippen molar-refractivity contribution < 1.29 is 13.9 Å². The highest BCUT2D eigenvalue weighted by Gasteiger charge is 2.22. The maximum atomic E-state index is 11.6. The number of carbonyl (C=O) groups is 1. The molecular weight excluding hydrogens is 240 g/mol. The SMILES string of the molecule is CCOC(=O)/C=C1\CCCc2oc3ccccc3c21. The Balaban J connectivity index is 2.10. The minimum absolute atomic E-state index is 0.268. The molecule has 3 rings (SSSR count). The van der Waals surface area contributed by atoms with E-state index in [0.717, 1.165) is 47.1 Å². The first kappa shape index (κ1) is 12.0. The van der Waals surface area contributed by atoms with Gasteiger partial charge in [0.15, 0.2) is 0 Å². The molecule has 0 aliphatic heterocycles. The summed E-state index contributed by atoms with van der Waals surface area (Å²) in [6, 6.07) is 7.97. The van der Waals surface area contributed by atoms with Crippen molar-refractivity contribution in [1.29, 1.82) is 0 Å². The van der Waals surface area contributed by atoms with E-state index in [1.807, 2.05) is 31.2 Å². The Morgan fingerprint density at radius 3 is 3.05 bits per heavy atom. The molecule has 1 heterocycles. The van der Waals surface area contributed by atoms with Crippen LogP contribution in [0, 0.1) is 0 Å². The fourth-order valence-electron chi connectivity index (χ4n) is 2.66. The van der Waals surface area contributed by atoms with Crippen molar-refractivity contribution in [2.24, 2.45) is 0 Å². The lowest BCUT2D eigenvalue weighted by atomic mass is 9.90. The normalized spacial score (nSPS) is 16.6. The van der Waals surface area contributed by atoms with Gasteiger partial charge in [-0.05, 0) is 31.4 Å². The van der Waals surface area contributed by atoms with E-state index >= 15 is 0 Å². The lowest BCUT2D eigenvalue weighted by molar-refractivity contribution is -0.137. The molecule has 0 N–H and O–H groups in total. The number of ether oxygens (including phenoxy) is 1. The minimum Gasteiger partial charge on any atom is -0.463 e. The zero-order valence-electron chi connectivity index (χ0n) is 10.9. The first-order valence-electron chi connectivity index (χ1n) is 6.67. The fraction of sp³-hybridized carbons (Fsp3) is 0.312. The highest BCUT2D eigenvalue weighted by Crippen LogP contribution is 2.38. The number of furan rings is 1. The minimum atomic E-state index is -0.268. The van der Waals surface area contributed by atoms with Gasteiger partial charge in [-0.15, -0.1) is 0 Å². The van der Waals surface area contributed by atoms with Gasteiger partial charge in [0, 0.05) is 23.4 Å². The van der Waals surface area contributed by atoms with Crippen LogP contribution in [-0.2, 0) is 16.0 Å². The average Bonchev–Trinajstić information content (AvgIpc) is 2.78. The fourth-order valence-corrected chi connectivity index (χ4v) is 2.66. The largest absolute Gasteiger partial charge is 0.463 e. The van der Waals surface area contributed by atoms with Crippen LogP contribution in [-0.4, -0.2) is 12.6 Å². The number of fused-ring (bicyclic) bond motifs is 3. The number of allylic oxidation sites excluding steroid dienone is 1. The first-order valence-corrected chi connectivity index (χ1v) is 6.67. The summed E-state index contributed by atoms with van der Waals surface area (Å²) in [5.41, 5.74) is 3.02. The van der Waals surface area contributed by atoms with E-state index in [1.165, 1.54) is 0 Å². The Kier molecular flexibility index (Phi) is 3.11. The third kappa shape index (κ3) is 2.16. The Bertz CT molecular complexity index is 649. The molecule has 1 aromatic carbocycles. The summed E-state index contributed by atoms with van der Waals surface area (Å²) in [7, 11) is 0. The summed E-state index contributed by atoms with van der Waals surface area (Å²) in [5, 5.41) is 1.09. The monoisotopic (exact) mass is 256 g/mol. The quantitative estimate of drug-likeness (QED) is 0.607. The molecule has 0 atom stereocenters. The van der Waals surface area contributed by atoms with E-state index < -0.39 is 0 Å². The molecule has 3 nitrogen and oxygen atoms in total. The Morgan fingerprint density at radius 1 is 1.37 bits per heavy atom. The lowest BCUT2D eigenvalue weighted by Gasteiger charge is -2.13. The van der Waals surface area contributed by atoms with Gasteiger partial charge in [-0.3, -0.25) is 0 Å². The second kappa shape index (κ2) is 4.92. The molecule has 0 bridgehead atoms. The molecule has 0 saturated heterocycles. The number of carbonyl (C=O) groups excluding carboxylic acids is 1. The predicted molar refractivity (Wildman–Crippen MR) is 73.8 cm³/mol. The van der Waals surface area contributed by atoms with Crippen molar-refractivity contribution in [3.8, 4) is 0 Å². The van der Waals surface area contributed by atoms with Crippen LogP contribution in [0.25, 0.3) is 16.5 Å². The summed E-state index contributed by atoms with van der Waals surface area (Å²) >= 11 is 0. The van der Waals surface area contributed by atoms with Gasteiger partial charge in [0.05, 0.1) is 6.61 Å². The first-order chi connectivity index (χ1) is 9.29. The van der Waals surface area contributed by atoms with E-state index in [4.69, 9.17) is 9.15 Å². The zero-order chi connectivity index (χ0) is 13.2. The standard InChI is InChI=1S/C16H16O3/c1-2-18-15(17)10-11-6-5-9-14-16(11)12-7-3-4-8-13(12)19-14/h3-4,7-8,10H,2,5-6,9H2,1H3/b11-10+. The van der Waals surface area contributed by atoms with Crippen LogP contribution in [0.4, 0.5) is 0 Å². The molecule has 0 amide bonds. The van der Waals surface area contributed by atoms with Crippen molar-refractivity contribution in [2.75, 3.05) is 6.61 Å². The second-order valence-corrected chi connectivity index (χ2v) is 4.67. The van der Waals surface area contributed by atoms with Gasteiger partial charge in [0.25, 0.3) is 0 Å². The molecule has 1 aliphatic carbocycles. The number of rotatable bonds is 2. The van der Waals surface area contributed by atoms with Crippen LogP contribution >= 0.6 is 0 Å². The topological polar surface area (TPSA) is 39.4 Å². The van der Waals surface area contributed by atoms with Crippen LogP contribution in [0.5, 0.6) is 0 Å². The number of esters is 1. The van der Waals surface area contributed by atoms with Gasteiger partial charge < -0.3 is 9.15 Å². The van der Waals surface area contributed by atoms with Gasteiger partial charge in [0.2, 0.25) is 0 Å². The predicted octanol–water partition coefficient (Wildman–Crippen LogP) is 3.72. The van der Waals surface area contributed by atoms with E-state index in [9.17, 15) is 4.79 Å². The van der Waals surface area contributed by atoms with Crippen LogP contribution in [0.3, 0.4) is 0 Å². The Labute approximate surface area is 111 Å². The number of hydrogen-bond acceptors (Lipinski definition) is 3. The van der Waals surface area contributed by atoms with E-state index in [1.54, 1.807) is 6.08 Å². The van der Waals surface area contributed by atoms with Crippen LogP contribution in [0.1, 0.15) is 31.1 Å². The van der Waals surface area contributed by atoms with E-state index in [-0.39, 0.29) is 5.97 Å². The average molecular weight is 256 g/mol. The molecule has 0 unspecified atom stereocenters. The third-order valence-electron chi connectivity index (χ3n) is 3.42. The molecule has 2 aromatic rings. The molecule has 98 valence electrons. The summed E-state index contributed by atoms with van der Waals surface area (Å²) in [6.07, 6.45) is 4.46. The van der Waals surface area contributed by atoms with Crippen molar-refractivity contribution in [3.63, 3.8) is 0 Å². The smallest absolute Gasteiger partial charge is 0.331 e. The third-order valence-corrected chi connectivity index (χ3v) is 3.42. The summed E-state index contributed by atoms with van der Waals surface area (Å²) < 4.78 is 10.9. The molecule has 0 saturated carbocycles. The molecular formula is C16H16O3. The zero-order valence-corrected chi connectivity index (χ0v) is 10.9. The molecule has 19 heavy (non-hydrogen) atoms. The van der Waals surface area contributed by atoms with Crippen molar-refractivity contribution >= 4 is 22.5 Å². The Hall–Kier alpha value is -2.03. The number of para-hydroxylation sites is 1. The maximum absolute atomic E-state index is 11.6. The summed E-state index contributed by atoms with van der Waals surface area (Å²) in [5.74, 6) is 0.721. The Morgan fingerprint density at radius 2 is 2.21 bits per heavy atom.